The fourth-order valence-electron chi connectivity index (χ4n) is 2.17. The van der Waals surface area contributed by atoms with Crippen molar-refractivity contribution < 1.29 is 4.42 Å². The number of nitrogens with one attached hydrogen (secondary N) is 1. The molecule has 2 aromatic carbocycles. The van der Waals surface area contributed by atoms with Crippen LogP contribution in [0.4, 0.5) is 0 Å². The molecule has 2 nitrogen and oxygen atoms in total. The molecule has 3 aromatic rings. The fourth-order valence-corrected chi connectivity index (χ4v) is 2.29. The van der Waals surface area contributed by atoms with E-state index in [9.17, 15) is 0 Å². The van der Waals surface area contributed by atoms with E-state index in [4.69, 9.17) is 16.0 Å². The SMILES string of the molecule is Cl.Clc1ccc(-c2ccc(CNCc3ccccc3)o2)cc1. The van der Waals surface area contributed by atoms with E-state index in [2.05, 4.69) is 17.4 Å². The molecule has 114 valence electrons. The molecule has 1 heterocycles. The summed E-state index contributed by atoms with van der Waals surface area (Å²) in [5, 5.41) is 4.11. The van der Waals surface area contributed by atoms with Gasteiger partial charge in [-0.15, -0.1) is 12.4 Å². The lowest BCUT2D eigenvalue weighted by atomic mass is 10.2. The van der Waals surface area contributed by atoms with Crippen molar-refractivity contribution in [2.24, 2.45) is 0 Å². The molecule has 4 heteroatoms. The van der Waals surface area contributed by atoms with Crippen molar-refractivity contribution in [3.63, 3.8) is 0 Å². The summed E-state index contributed by atoms with van der Waals surface area (Å²) in [7, 11) is 0. The maximum atomic E-state index is 5.89. The third-order valence-electron chi connectivity index (χ3n) is 3.26. The highest BCUT2D eigenvalue weighted by Gasteiger charge is 2.04. The van der Waals surface area contributed by atoms with Crippen LogP contribution in [0.1, 0.15) is 11.3 Å². The van der Waals surface area contributed by atoms with Gasteiger partial charge in [-0.05, 0) is 42.0 Å². The third-order valence-corrected chi connectivity index (χ3v) is 3.51. The number of halogens is 2. The summed E-state index contributed by atoms with van der Waals surface area (Å²) in [6.45, 7) is 1.54. The summed E-state index contributed by atoms with van der Waals surface area (Å²) in [6, 6.07) is 22.0. The van der Waals surface area contributed by atoms with Crippen LogP contribution in [-0.4, -0.2) is 0 Å². The van der Waals surface area contributed by atoms with E-state index in [0.29, 0.717) is 6.54 Å². The zero-order valence-corrected chi connectivity index (χ0v) is 13.5. The largest absolute Gasteiger partial charge is 0.460 e. The van der Waals surface area contributed by atoms with Gasteiger partial charge in [0, 0.05) is 17.1 Å². The average molecular weight is 334 g/mol. The van der Waals surface area contributed by atoms with Gasteiger partial charge in [-0.25, -0.2) is 0 Å². The average Bonchev–Trinajstić information content (AvgIpc) is 2.98. The Morgan fingerprint density at radius 3 is 2.27 bits per heavy atom. The number of hydrogen-bond donors (Lipinski definition) is 1. The van der Waals surface area contributed by atoms with Gasteiger partial charge in [-0.1, -0.05) is 41.9 Å². The Bertz CT molecular complexity index is 693. The first-order valence-corrected chi connectivity index (χ1v) is 7.28. The summed E-state index contributed by atoms with van der Waals surface area (Å²) in [5.74, 6) is 1.79. The van der Waals surface area contributed by atoms with Crippen molar-refractivity contribution in [3.8, 4) is 11.3 Å². The van der Waals surface area contributed by atoms with E-state index in [1.165, 1.54) is 5.56 Å². The van der Waals surface area contributed by atoms with E-state index in [-0.39, 0.29) is 12.4 Å². The van der Waals surface area contributed by atoms with Crippen LogP contribution in [0, 0.1) is 0 Å². The molecule has 0 aliphatic rings. The minimum atomic E-state index is 0. The second-order valence-electron chi connectivity index (χ2n) is 4.86. The highest BCUT2D eigenvalue weighted by Crippen LogP contribution is 2.23. The van der Waals surface area contributed by atoms with Crippen LogP contribution in [0.25, 0.3) is 11.3 Å². The second kappa shape index (κ2) is 8.04. The maximum absolute atomic E-state index is 5.89. The molecule has 0 atom stereocenters. The van der Waals surface area contributed by atoms with Crippen LogP contribution in [0.3, 0.4) is 0 Å². The summed E-state index contributed by atoms with van der Waals surface area (Å²) in [4.78, 5) is 0. The molecule has 0 amide bonds. The molecule has 0 aliphatic heterocycles. The normalized spacial score (nSPS) is 10.2. The van der Waals surface area contributed by atoms with Crippen LogP contribution in [0.15, 0.2) is 71.1 Å². The van der Waals surface area contributed by atoms with E-state index >= 15 is 0 Å². The standard InChI is InChI=1S/C18H16ClNO.ClH/c19-16-8-6-15(7-9-16)18-11-10-17(21-18)13-20-12-14-4-2-1-3-5-14;/h1-11,20H,12-13H2;1H. The highest BCUT2D eigenvalue weighted by molar-refractivity contribution is 6.30. The van der Waals surface area contributed by atoms with Gasteiger partial charge in [-0.3, -0.25) is 0 Å². The predicted molar refractivity (Wildman–Crippen MR) is 93.4 cm³/mol. The second-order valence-corrected chi connectivity index (χ2v) is 5.30. The lowest BCUT2D eigenvalue weighted by Gasteiger charge is -2.03. The van der Waals surface area contributed by atoms with Gasteiger partial charge in [0.05, 0.1) is 6.54 Å². The first kappa shape index (κ1) is 16.6. The molecule has 0 bridgehead atoms. The van der Waals surface area contributed by atoms with Crippen LogP contribution in [-0.2, 0) is 13.1 Å². The molecule has 0 fully saturated rings. The van der Waals surface area contributed by atoms with E-state index in [1.54, 1.807) is 0 Å². The zero-order chi connectivity index (χ0) is 14.5. The number of rotatable bonds is 5. The van der Waals surface area contributed by atoms with Crippen LogP contribution in [0.5, 0.6) is 0 Å². The Morgan fingerprint density at radius 2 is 1.55 bits per heavy atom. The Balaban J connectivity index is 0.00000176. The fraction of sp³-hybridized carbons (Fsp3) is 0.111. The van der Waals surface area contributed by atoms with Crippen LogP contribution < -0.4 is 5.32 Å². The molecule has 0 unspecified atom stereocenters. The number of benzene rings is 2. The quantitative estimate of drug-likeness (QED) is 0.684. The first-order valence-electron chi connectivity index (χ1n) is 6.90. The lowest BCUT2D eigenvalue weighted by Crippen LogP contribution is -2.11. The van der Waals surface area contributed by atoms with Gasteiger partial charge in [-0.2, -0.15) is 0 Å². The maximum Gasteiger partial charge on any atom is 0.134 e. The third kappa shape index (κ3) is 4.38. The van der Waals surface area contributed by atoms with Crippen molar-refractivity contribution in [1.29, 1.82) is 0 Å². The van der Waals surface area contributed by atoms with Crippen molar-refractivity contribution in [2.45, 2.75) is 13.1 Å². The van der Waals surface area contributed by atoms with Gasteiger partial charge in [0.15, 0.2) is 0 Å². The molecule has 1 aromatic heterocycles. The Labute approximate surface area is 141 Å². The van der Waals surface area contributed by atoms with Gasteiger partial charge in [0.2, 0.25) is 0 Å². The van der Waals surface area contributed by atoms with Crippen molar-refractivity contribution >= 4 is 24.0 Å². The van der Waals surface area contributed by atoms with Gasteiger partial charge < -0.3 is 9.73 Å². The molecular formula is C18H17Cl2NO. The highest BCUT2D eigenvalue weighted by atomic mass is 35.5. The van der Waals surface area contributed by atoms with Crippen molar-refractivity contribution in [3.05, 3.63) is 83.1 Å². The summed E-state index contributed by atoms with van der Waals surface area (Å²) in [6.07, 6.45) is 0. The Kier molecular flexibility index (Phi) is 6.08. The summed E-state index contributed by atoms with van der Waals surface area (Å²) in [5.41, 5.74) is 2.30. The van der Waals surface area contributed by atoms with Crippen molar-refractivity contribution in [1.82, 2.24) is 5.32 Å². The van der Waals surface area contributed by atoms with Crippen molar-refractivity contribution in [2.75, 3.05) is 0 Å². The minimum absolute atomic E-state index is 0. The summed E-state index contributed by atoms with van der Waals surface area (Å²) < 4.78 is 5.84. The van der Waals surface area contributed by atoms with E-state index < -0.39 is 0 Å². The molecular weight excluding hydrogens is 317 g/mol. The molecule has 0 saturated heterocycles. The Morgan fingerprint density at radius 1 is 0.818 bits per heavy atom. The smallest absolute Gasteiger partial charge is 0.134 e. The minimum Gasteiger partial charge on any atom is -0.460 e. The molecule has 0 spiro atoms. The topological polar surface area (TPSA) is 25.2 Å². The van der Waals surface area contributed by atoms with E-state index in [0.717, 1.165) is 28.7 Å². The predicted octanol–water partition coefficient (Wildman–Crippen LogP) is 5.31. The molecule has 0 saturated carbocycles. The molecule has 22 heavy (non-hydrogen) atoms. The van der Waals surface area contributed by atoms with Gasteiger partial charge >= 0.3 is 0 Å². The molecule has 0 aliphatic carbocycles. The zero-order valence-electron chi connectivity index (χ0n) is 12.0. The number of hydrogen-bond acceptors (Lipinski definition) is 2. The molecule has 3 rings (SSSR count). The van der Waals surface area contributed by atoms with Gasteiger partial charge in [0.25, 0.3) is 0 Å². The van der Waals surface area contributed by atoms with Crippen LogP contribution in [0.2, 0.25) is 5.02 Å². The van der Waals surface area contributed by atoms with Crippen LogP contribution >= 0.6 is 24.0 Å². The number of furan rings is 1. The lowest BCUT2D eigenvalue weighted by molar-refractivity contribution is 0.493. The molecule has 1 N–H and O–H groups in total. The van der Waals surface area contributed by atoms with E-state index in [1.807, 2.05) is 54.6 Å². The summed E-state index contributed by atoms with van der Waals surface area (Å²) >= 11 is 5.89. The van der Waals surface area contributed by atoms with Gasteiger partial charge in [0.1, 0.15) is 11.5 Å². The first-order chi connectivity index (χ1) is 10.3. The monoisotopic (exact) mass is 333 g/mol. The Hall–Kier alpha value is -1.74. The molecule has 0 radical (unpaired) electrons.